The lowest BCUT2D eigenvalue weighted by molar-refractivity contribution is -0.551. The van der Waals surface area contributed by atoms with Crippen LogP contribution in [0.1, 0.15) is 13.3 Å². The Bertz CT molecular complexity index is 107. The third-order valence-electron chi connectivity index (χ3n) is 1.15. The average Bonchev–Trinajstić information content (AvgIpc) is 1.86. The first kappa shape index (κ1) is 9.16. The molecule has 60 valence electrons. The van der Waals surface area contributed by atoms with Crippen LogP contribution in [0.5, 0.6) is 0 Å². The van der Waals surface area contributed by atoms with E-state index in [4.69, 9.17) is 4.74 Å². The van der Waals surface area contributed by atoms with E-state index < -0.39 is 5.03 Å². The molecule has 0 aliphatic rings. The maximum absolute atomic E-state index is 9.88. The van der Waals surface area contributed by atoms with Gasteiger partial charge >= 0.3 is 0 Å². The largest absolute Gasteiger partial charge is 0.382 e. The van der Waals surface area contributed by atoms with Gasteiger partial charge in [-0.05, 0) is 6.42 Å². The summed E-state index contributed by atoms with van der Waals surface area (Å²) in [4.78, 5) is 9.88. The second-order valence-corrected chi connectivity index (χ2v) is 1.95. The first-order valence-electron chi connectivity index (χ1n) is 3.10. The number of hydrogen-bond donors (Lipinski definition) is 1. The summed E-state index contributed by atoms with van der Waals surface area (Å²) in [6, 6.07) is -0.181. The van der Waals surface area contributed by atoms with E-state index in [9.17, 15) is 10.1 Å². The molecule has 10 heavy (non-hydrogen) atoms. The average molecular weight is 148 g/mol. The predicted octanol–water partition coefficient (Wildman–Crippen LogP) is 0.193. The Morgan fingerprint density at radius 1 is 1.80 bits per heavy atom. The SMILES string of the molecule is CCC(COC)N[N+](=O)[O-]. The van der Waals surface area contributed by atoms with Crippen LogP contribution in [-0.2, 0) is 4.74 Å². The van der Waals surface area contributed by atoms with E-state index in [0.29, 0.717) is 13.0 Å². The highest BCUT2D eigenvalue weighted by atomic mass is 16.7. The van der Waals surface area contributed by atoms with E-state index in [1.165, 1.54) is 7.11 Å². The molecular weight excluding hydrogens is 136 g/mol. The first-order valence-corrected chi connectivity index (χ1v) is 3.10. The maximum Gasteiger partial charge on any atom is 0.157 e. The molecule has 0 bridgehead atoms. The summed E-state index contributed by atoms with van der Waals surface area (Å²) in [5, 5.41) is 9.33. The van der Waals surface area contributed by atoms with Crippen LogP contribution in [0.15, 0.2) is 0 Å². The van der Waals surface area contributed by atoms with Gasteiger partial charge in [-0.1, -0.05) is 6.92 Å². The number of nitrogens with one attached hydrogen (secondary N) is 1. The van der Waals surface area contributed by atoms with Crippen LogP contribution >= 0.6 is 0 Å². The zero-order valence-corrected chi connectivity index (χ0v) is 6.16. The topological polar surface area (TPSA) is 64.4 Å². The van der Waals surface area contributed by atoms with Crippen LogP contribution in [-0.4, -0.2) is 24.8 Å². The van der Waals surface area contributed by atoms with Crippen molar-refractivity contribution in [1.29, 1.82) is 0 Å². The minimum absolute atomic E-state index is 0.181. The molecule has 0 rings (SSSR count). The zero-order valence-electron chi connectivity index (χ0n) is 6.16. The van der Waals surface area contributed by atoms with E-state index in [1.54, 1.807) is 0 Å². The van der Waals surface area contributed by atoms with Crippen molar-refractivity contribution < 1.29 is 9.77 Å². The molecule has 5 heteroatoms. The third kappa shape index (κ3) is 4.08. The molecule has 0 saturated heterocycles. The van der Waals surface area contributed by atoms with Crippen molar-refractivity contribution in [3.63, 3.8) is 0 Å². The molecule has 0 aromatic rings. The van der Waals surface area contributed by atoms with Crippen molar-refractivity contribution in [2.75, 3.05) is 13.7 Å². The lowest BCUT2D eigenvalue weighted by atomic mass is 10.2. The molecule has 1 unspecified atom stereocenters. The van der Waals surface area contributed by atoms with Gasteiger partial charge in [0.05, 0.1) is 6.61 Å². The van der Waals surface area contributed by atoms with Crippen LogP contribution in [0, 0.1) is 10.1 Å². The van der Waals surface area contributed by atoms with Crippen molar-refractivity contribution in [3.8, 4) is 0 Å². The Hall–Kier alpha value is -0.840. The molecular formula is C5H12N2O3. The fourth-order valence-corrected chi connectivity index (χ4v) is 0.597. The Balaban J connectivity index is 3.49. The minimum atomic E-state index is -0.548. The molecule has 0 aliphatic carbocycles. The smallest absolute Gasteiger partial charge is 0.157 e. The Morgan fingerprint density at radius 2 is 2.40 bits per heavy atom. The molecule has 0 fully saturated rings. The molecule has 1 N–H and O–H groups in total. The number of nitro groups is 1. The molecule has 0 spiro atoms. The second-order valence-electron chi connectivity index (χ2n) is 1.95. The molecule has 0 heterocycles. The normalized spacial score (nSPS) is 12.6. The molecule has 0 amide bonds. The minimum Gasteiger partial charge on any atom is -0.382 e. The van der Waals surface area contributed by atoms with Crippen molar-refractivity contribution in [3.05, 3.63) is 10.1 Å². The van der Waals surface area contributed by atoms with E-state index in [2.05, 4.69) is 5.43 Å². The van der Waals surface area contributed by atoms with E-state index >= 15 is 0 Å². The van der Waals surface area contributed by atoms with E-state index in [1.807, 2.05) is 6.92 Å². The molecule has 0 aliphatic heterocycles. The van der Waals surface area contributed by atoms with Crippen molar-refractivity contribution >= 4 is 0 Å². The predicted molar refractivity (Wildman–Crippen MR) is 36.1 cm³/mol. The van der Waals surface area contributed by atoms with Crippen molar-refractivity contribution in [2.45, 2.75) is 19.4 Å². The number of ether oxygens (including phenoxy) is 1. The highest BCUT2D eigenvalue weighted by Gasteiger charge is 2.09. The Labute approximate surface area is 59.5 Å². The monoisotopic (exact) mass is 148 g/mol. The zero-order chi connectivity index (χ0) is 7.98. The molecule has 0 saturated carbocycles. The molecule has 5 nitrogen and oxygen atoms in total. The summed E-state index contributed by atoms with van der Waals surface area (Å²) < 4.78 is 4.73. The van der Waals surface area contributed by atoms with Gasteiger partial charge in [-0.15, -0.1) is 5.43 Å². The lowest BCUT2D eigenvalue weighted by Crippen LogP contribution is -2.36. The maximum atomic E-state index is 9.88. The number of nitrogens with zero attached hydrogens (tertiary/aromatic N) is 1. The Morgan fingerprint density at radius 3 is 2.70 bits per heavy atom. The highest BCUT2D eigenvalue weighted by Crippen LogP contribution is 1.89. The van der Waals surface area contributed by atoms with Gasteiger partial charge in [0.15, 0.2) is 5.03 Å². The quantitative estimate of drug-likeness (QED) is 0.446. The van der Waals surface area contributed by atoms with Crippen LogP contribution in [0.2, 0.25) is 0 Å². The lowest BCUT2D eigenvalue weighted by Gasteiger charge is -2.08. The van der Waals surface area contributed by atoms with Gasteiger partial charge in [0.2, 0.25) is 0 Å². The summed E-state index contributed by atoms with van der Waals surface area (Å²) in [5.74, 6) is 0. The number of methoxy groups -OCH3 is 1. The van der Waals surface area contributed by atoms with Crippen molar-refractivity contribution in [1.82, 2.24) is 5.43 Å². The van der Waals surface area contributed by atoms with Gasteiger partial charge in [0.1, 0.15) is 6.04 Å². The first-order chi connectivity index (χ1) is 4.70. The van der Waals surface area contributed by atoms with Crippen LogP contribution in [0.3, 0.4) is 0 Å². The van der Waals surface area contributed by atoms with Crippen molar-refractivity contribution in [2.24, 2.45) is 0 Å². The standard InChI is InChI=1S/C5H12N2O3/c1-3-5(4-10-2)6-7(8)9/h5-6H,3-4H2,1-2H3. The second kappa shape index (κ2) is 4.99. The molecule has 1 atom stereocenters. The highest BCUT2D eigenvalue weighted by molar-refractivity contribution is 4.55. The number of hydrazine groups is 1. The van der Waals surface area contributed by atoms with E-state index in [0.717, 1.165) is 0 Å². The van der Waals surface area contributed by atoms with Gasteiger partial charge in [-0.2, -0.15) is 0 Å². The Kier molecular flexibility index (Phi) is 4.57. The molecule has 0 radical (unpaired) electrons. The van der Waals surface area contributed by atoms with Crippen LogP contribution < -0.4 is 5.43 Å². The summed E-state index contributed by atoms with van der Waals surface area (Å²) >= 11 is 0. The summed E-state index contributed by atoms with van der Waals surface area (Å²) in [5.41, 5.74) is 2.13. The van der Waals surface area contributed by atoms with Gasteiger partial charge in [-0.3, -0.25) is 0 Å². The van der Waals surface area contributed by atoms with Crippen LogP contribution in [0.25, 0.3) is 0 Å². The number of rotatable bonds is 5. The fraction of sp³-hybridized carbons (Fsp3) is 1.00. The fourth-order valence-electron chi connectivity index (χ4n) is 0.597. The van der Waals surface area contributed by atoms with Gasteiger partial charge in [0.25, 0.3) is 0 Å². The third-order valence-corrected chi connectivity index (χ3v) is 1.15. The van der Waals surface area contributed by atoms with Gasteiger partial charge < -0.3 is 4.74 Å². The van der Waals surface area contributed by atoms with Gasteiger partial charge in [0, 0.05) is 7.11 Å². The number of hydrogen-bond acceptors (Lipinski definition) is 3. The summed E-state index contributed by atoms with van der Waals surface area (Å²) in [7, 11) is 1.52. The summed E-state index contributed by atoms with van der Waals surface area (Å²) in [6.45, 7) is 2.23. The van der Waals surface area contributed by atoms with Gasteiger partial charge in [-0.25, -0.2) is 10.1 Å². The van der Waals surface area contributed by atoms with E-state index in [-0.39, 0.29) is 6.04 Å². The summed E-state index contributed by atoms with van der Waals surface area (Å²) in [6.07, 6.45) is 0.689. The molecule has 0 aromatic heterocycles. The van der Waals surface area contributed by atoms with Crippen LogP contribution in [0.4, 0.5) is 0 Å². The molecule has 0 aromatic carbocycles.